The quantitative estimate of drug-likeness (QED) is 0.799. The van der Waals surface area contributed by atoms with Crippen molar-refractivity contribution < 1.29 is 5.11 Å². The molecule has 5 nitrogen and oxygen atoms in total. The molecule has 0 bridgehead atoms. The van der Waals surface area contributed by atoms with E-state index in [1.807, 2.05) is 0 Å². The van der Waals surface area contributed by atoms with E-state index in [1.54, 1.807) is 11.3 Å². The molecule has 1 fully saturated rings. The molecule has 0 aromatic carbocycles. The number of rotatable bonds is 6. The Morgan fingerprint density at radius 3 is 3.25 bits per heavy atom. The number of fused-ring (bicyclic) bond motifs is 1. The van der Waals surface area contributed by atoms with E-state index in [2.05, 4.69) is 33.1 Å². The van der Waals surface area contributed by atoms with Crippen LogP contribution in [0.5, 0.6) is 0 Å². The Hall–Kier alpha value is -1.11. The second-order valence-corrected chi connectivity index (χ2v) is 6.16. The first-order chi connectivity index (χ1) is 9.85. The Bertz CT molecular complexity index is 565. The summed E-state index contributed by atoms with van der Waals surface area (Å²) in [6.07, 6.45) is 5.41. The summed E-state index contributed by atoms with van der Waals surface area (Å²) in [7, 11) is 0. The monoisotopic (exact) mass is 294 g/mol. The third-order valence-electron chi connectivity index (χ3n) is 3.92. The third kappa shape index (κ3) is 2.43. The molecule has 0 amide bonds. The number of thiazole rings is 1. The first-order valence-electron chi connectivity index (χ1n) is 7.37. The van der Waals surface area contributed by atoms with Gasteiger partial charge in [0.15, 0.2) is 10.8 Å². The molecule has 2 N–H and O–H groups in total. The molecule has 1 aliphatic rings. The summed E-state index contributed by atoms with van der Waals surface area (Å²) < 4.78 is 2.18. The molecular weight excluding hydrogens is 272 g/mol. The molecule has 0 saturated carbocycles. The Morgan fingerprint density at radius 1 is 1.55 bits per heavy atom. The van der Waals surface area contributed by atoms with Crippen LogP contribution in [0.25, 0.3) is 4.96 Å². The molecule has 0 spiro atoms. The van der Waals surface area contributed by atoms with Crippen molar-refractivity contribution in [3.8, 4) is 0 Å². The van der Waals surface area contributed by atoms with Crippen molar-refractivity contribution in [2.24, 2.45) is 0 Å². The van der Waals surface area contributed by atoms with Crippen molar-refractivity contribution in [2.75, 3.05) is 24.6 Å². The van der Waals surface area contributed by atoms with Crippen LogP contribution in [0, 0.1) is 0 Å². The van der Waals surface area contributed by atoms with E-state index in [0.717, 1.165) is 49.7 Å². The van der Waals surface area contributed by atoms with Gasteiger partial charge in [-0.2, -0.15) is 0 Å². The summed E-state index contributed by atoms with van der Waals surface area (Å²) in [6, 6.07) is 0.226. The Morgan fingerprint density at radius 2 is 2.45 bits per heavy atom. The van der Waals surface area contributed by atoms with Crippen molar-refractivity contribution in [1.29, 1.82) is 0 Å². The van der Waals surface area contributed by atoms with Gasteiger partial charge < -0.3 is 15.3 Å². The SMILES string of the molecule is CCCNCc1c(N2CCCC2CO)nc2sccn12. The van der Waals surface area contributed by atoms with Crippen LogP contribution in [0.1, 0.15) is 31.9 Å². The van der Waals surface area contributed by atoms with E-state index in [1.165, 1.54) is 5.69 Å². The first kappa shape index (κ1) is 13.9. The number of aromatic nitrogens is 2. The fraction of sp³-hybridized carbons (Fsp3) is 0.643. The number of hydrogen-bond donors (Lipinski definition) is 2. The third-order valence-corrected chi connectivity index (χ3v) is 4.68. The summed E-state index contributed by atoms with van der Waals surface area (Å²) in [5.41, 5.74) is 1.22. The first-order valence-corrected chi connectivity index (χ1v) is 8.25. The van der Waals surface area contributed by atoms with Crippen LogP contribution in [0.3, 0.4) is 0 Å². The van der Waals surface area contributed by atoms with Gasteiger partial charge in [-0.1, -0.05) is 6.92 Å². The summed E-state index contributed by atoms with van der Waals surface area (Å²) in [5, 5.41) is 15.1. The van der Waals surface area contributed by atoms with E-state index < -0.39 is 0 Å². The van der Waals surface area contributed by atoms with Crippen LogP contribution in [0.15, 0.2) is 11.6 Å². The lowest BCUT2D eigenvalue weighted by atomic mass is 10.2. The Balaban J connectivity index is 1.92. The molecule has 1 unspecified atom stereocenters. The molecule has 0 radical (unpaired) electrons. The number of hydrogen-bond acceptors (Lipinski definition) is 5. The average molecular weight is 294 g/mol. The average Bonchev–Trinajstić information content (AvgIpc) is 3.13. The number of nitrogens with zero attached hydrogens (tertiary/aromatic N) is 3. The van der Waals surface area contributed by atoms with Crippen molar-refractivity contribution in [3.05, 3.63) is 17.3 Å². The standard InChI is InChI=1S/C14H22N4OS/c1-2-5-15-9-12-13(16-14-18(12)7-8-20-14)17-6-3-4-11(17)10-19/h7-8,11,15,19H,2-6,9-10H2,1H3. The number of aliphatic hydroxyl groups excluding tert-OH is 1. The molecule has 3 rings (SSSR count). The maximum absolute atomic E-state index is 9.54. The Kier molecular flexibility index (Phi) is 4.24. The van der Waals surface area contributed by atoms with Crippen molar-refractivity contribution in [3.63, 3.8) is 0 Å². The van der Waals surface area contributed by atoms with Crippen LogP contribution >= 0.6 is 11.3 Å². The van der Waals surface area contributed by atoms with E-state index in [0.29, 0.717) is 0 Å². The highest BCUT2D eigenvalue weighted by Gasteiger charge is 2.28. The lowest BCUT2D eigenvalue weighted by Gasteiger charge is -2.24. The predicted molar refractivity (Wildman–Crippen MR) is 82.5 cm³/mol. The molecule has 20 heavy (non-hydrogen) atoms. The molecule has 2 aromatic rings. The van der Waals surface area contributed by atoms with Crippen LogP contribution in [0.4, 0.5) is 5.82 Å². The molecule has 1 atom stereocenters. The molecule has 6 heteroatoms. The molecule has 3 heterocycles. The second-order valence-electron chi connectivity index (χ2n) is 5.29. The van der Waals surface area contributed by atoms with E-state index in [9.17, 15) is 5.11 Å². The normalized spacial score (nSPS) is 19.3. The zero-order valence-electron chi connectivity index (χ0n) is 11.9. The van der Waals surface area contributed by atoms with Gasteiger partial charge >= 0.3 is 0 Å². The smallest absolute Gasteiger partial charge is 0.195 e. The van der Waals surface area contributed by atoms with Gasteiger partial charge in [0, 0.05) is 24.7 Å². The van der Waals surface area contributed by atoms with Crippen LogP contribution in [0.2, 0.25) is 0 Å². The van der Waals surface area contributed by atoms with Crippen LogP contribution < -0.4 is 10.2 Å². The lowest BCUT2D eigenvalue weighted by Crippen LogP contribution is -2.33. The summed E-state index contributed by atoms with van der Waals surface area (Å²) in [5.74, 6) is 1.05. The summed E-state index contributed by atoms with van der Waals surface area (Å²) in [4.78, 5) is 8.11. The van der Waals surface area contributed by atoms with Gasteiger partial charge in [0.05, 0.1) is 18.3 Å². The minimum atomic E-state index is 0.215. The number of imidazole rings is 1. The number of aliphatic hydroxyl groups is 1. The maximum atomic E-state index is 9.54. The minimum absolute atomic E-state index is 0.215. The van der Waals surface area contributed by atoms with Crippen molar-refractivity contribution in [2.45, 2.75) is 38.8 Å². The maximum Gasteiger partial charge on any atom is 0.195 e. The fourth-order valence-electron chi connectivity index (χ4n) is 2.90. The molecule has 0 aliphatic carbocycles. The topological polar surface area (TPSA) is 52.8 Å². The Labute approximate surface area is 123 Å². The molecular formula is C14H22N4OS. The van der Waals surface area contributed by atoms with Gasteiger partial charge in [-0.25, -0.2) is 4.98 Å². The molecule has 1 saturated heterocycles. The minimum Gasteiger partial charge on any atom is -0.394 e. The summed E-state index contributed by atoms with van der Waals surface area (Å²) >= 11 is 1.66. The van der Waals surface area contributed by atoms with Gasteiger partial charge in [-0.3, -0.25) is 4.40 Å². The number of nitrogens with one attached hydrogen (secondary N) is 1. The number of anilines is 1. The van der Waals surface area contributed by atoms with Crippen LogP contribution in [-0.2, 0) is 6.54 Å². The zero-order chi connectivity index (χ0) is 13.9. The summed E-state index contributed by atoms with van der Waals surface area (Å²) in [6.45, 7) is 5.23. The van der Waals surface area contributed by atoms with Crippen molar-refractivity contribution >= 4 is 22.1 Å². The molecule has 110 valence electrons. The molecule has 2 aromatic heterocycles. The van der Waals surface area contributed by atoms with Gasteiger partial charge in [0.25, 0.3) is 0 Å². The van der Waals surface area contributed by atoms with E-state index in [-0.39, 0.29) is 12.6 Å². The fourth-order valence-corrected chi connectivity index (χ4v) is 3.63. The highest BCUT2D eigenvalue weighted by Crippen LogP contribution is 2.30. The van der Waals surface area contributed by atoms with Gasteiger partial charge in [-0.15, -0.1) is 11.3 Å². The van der Waals surface area contributed by atoms with Gasteiger partial charge in [0.1, 0.15) is 0 Å². The second kappa shape index (κ2) is 6.11. The lowest BCUT2D eigenvalue weighted by molar-refractivity contribution is 0.266. The molecule has 1 aliphatic heterocycles. The van der Waals surface area contributed by atoms with E-state index in [4.69, 9.17) is 4.98 Å². The highest BCUT2D eigenvalue weighted by atomic mass is 32.1. The van der Waals surface area contributed by atoms with Gasteiger partial charge in [-0.05, 0) is 25.8 Å². The highest BCUT2D eigenvalue weighted by molar-refractivity contribution is 7.15. The van der Waals surface area contributed by atoms with Gasteiger partial charge in [0.2, 0.25) is 0 Å². The van der Waals surface area contributed by atoms with Crippen molar-refractivity contribution in [1.82, 2.24) is 14.7 Å². The van der Waals surface area contributed by atoms with Crippen LogP contribution in [-0.4, -0.2) is 40.2 Å². The largest absolute Gasteiger partial charge is 0.394 e. The zero-order valence-corrected chi connectivity index (χ0v) is 12.7. The van der Waals surface area contributed by atoms with E-state index >= 15 is 0 Å². The predicted octanol–water partition coefficient (Wildman–Crippen LogP) is 1.86.